The highest BCUT2D eigenvalue weighted by molar-refractivity contribution is 4.64. The van der Waals surface area contributed by atoms with Crippen LogP contribution in [0, 0.1) is 0 Å². The van der Waals surface area contributed by atoms with Crippen LogP contribution < -0.4 is 0 Å². The molecule has 0 heterocycles. The SMILES string of the molecule is CC(C)N(CCCO)CCN=[N+]=[N-]. The lowest BCUT2D eigenvalue weighted by Crippen LogP contribution is -2.34. The number of hydrogen-bond donors (Lipinski definition) is 1. The highest BCUT2D eigenvalue weighted by Crippen LogP contribution is 1.99. The third-order valence-electron chi connectivity index (χ3n) is 1.88. The van der Waals surface area contributed by atoms with Crippen LogP contribution in [0.5, 0.6) is 0 Å². The second-order valence-electron chi connectivity index (χ2n) is 3.16. The van der Waals surface area contributed by atoms with Crippen LogP contribution in [-0.4, -0.2) is 42.3 Å². The van der Waals surface area contributed by atoms with Gasteiger partial charge in [0.2, 0.25) is 0 Å². The van der Waals surface area contributed by atoms with Gasteiger partial charge in [-0.25, -0.2) is 0 Å². The van der Waals surface area contributed by atoms with Crippen molar-refractivity contribution in [2.45, 2.75) is 26.3 Å². The van der Waals surface area contributed by atoms with Gasteiger partial charge >= 0.3 is 0 Å². The van der Waals surface area contributed by atoms with Crippen LogP contribution in [-0.2, 0) is 0 Å². The van der Waals surface area contributed by atoms with E-state index in [4.69, 9.17) is 10.6 Å². The van der Waals surface area contributed by atoms with Crippen LogP contribution in [0.15, 0.2) is 5.11 Å². The van der Waals surface area contributed by atoms with Crippen molar-refractivity contribution in [1.29, 1.82) is 0 Å². The third kappa shape index (κ3) is 6.40. The van der Waals surface area contributed by atoms with Gasteiger partial charge in [-0.1, -0.05) is 5.11 Å². The quantitative estimate of drug-likeness (QED) is 0.370. The number of azide groups is 1. The normalized spacial score (nSPS) is 10.5. The van der Waals surface area contributed by atoms with Gasteiger partial charge in [0.15, 0.2) is 0 Å². The van der Waals surface area contributed by atoms with Crippen LogP contribution in [0.3, 0.4) is 0 Å². The molecule has 0 aliphatic carbocycles. The molecule has 0 saturated carbocycles. The number of aliphatic hydroxyl groups excluding tert-OH is 1. The van der Waals surface area contributed by atoms with Crippen molar-refractivity contribution in [3.05, 3.63) is 10.4 Å². The first-order valence-corrected chi connectivity index (χ1v) is 4.58. The van der Waals surface area contributed by atoms with E-state index in [2.05, 4.69) is 28.8 Å². The summed E-state index contributed by atoms with van der Waals surface area (Å²) in [5.74, 6) is 0. The van der Waals surface area contributed by atoms with Gasteiger partial charge in [-0.3, -0.25) is 0 Å². The van der Waals surface area contributed by atoms with Gasteiger partial charge in [0.05, 0.1) is 0 Å². The Balaban J connectivity index is 3.72. The predicted octanol–water partition coefficient (Wildman–Crippen LogP) is 1.39. The first-order valence-electron chi connectivity index (χ1n) is 4.58. The molecule has 0 radical (unpaired) electrons. The third-order valence-corrected chi connectivity index (χ3v) is 1.88. The Kier molecular flexibility index (Phi) is 7.39. The molecule has 0 fully saturated rings. The minimum Gasteiger partial charge on any atom is -0.396 e. The average Bonchev–Trinajstić information content (AvgIpc) is 2.10. The van der Waals surface area contributed by atoms with Crippen LogP contribution in [0.2, 0.25) is 0 Å². The molecule has 0 atom stereocenters. The van der Waals surface area contributed by atoms with E-state index >= 15 is 0 Å². The van der Waals surface area contributed by atoms with Crippen LogP contribution in [0.25, 0.3) is 10.4 Å². The van der Waals surface area contributed by atoms with E-state index in [0.29, 0.717) is 12.6 Å². The zero-order valence-corrected chi connectivity index (χ0v) is 8.35. The molecule has 13 heavy (non-hydrogen) atoms. The van der Waals surface area contributed by atoms with Crippen molar-refractivity contribution in [3.8, 4) is 0 Å². The Bertz CT molecular complexity index is 166. The van der Waals surface area contributed by atoms with E-state index in [-0.39, 0.29) is 6.61 Å². The van der Waals surface area contributed by atoms with Crippen molar-refractivity contribution in [1.82, 2.24) is 4.90 Å². The van der Waals surface area contributed by atoms with E-state index in [0.717, 1.165) is 19.5 Å². The second-order valence-corrected chi connectivity index (χ2v) is 3.16. The molecule has 0 bridgehead atoms. The topological polar surface area (TPSA) is 72.2 Å². The van der Waals surface area contributed by atoms with Crippen molar-refractivity contribution in [2.24, 2.45) is 5.11 Å². The Morgan fingerprint density at radius 1 is 1.46 bits per heavy atom. The lowest BCUT2D eigenvalue weighted by Gasteiger charge is -2.25. The number of aliphatic hydroxyl groups is 1. The summed E-state index contributed by atoms with van der Waals surface area (Å²) in [4.78, 5) is 4.88. The first-order chi connectivity index (χ1) is 6.22. The smallest absolute Gasteiger partial charge is 0.0443 e. The summed E-state index contributed by atoms with van der Waals surface area (Å²) in [6.45, 7) is 6.52. The summed E-state index contributed by atoms with van der Waals surface area (Å²) < 4.78 is 0. The van der Waals surface area contributed by atoms with E-state index in [1.165, 1.54) is 0 Å². The molecule has 0 rings (SSSR count). The van der Waals surface area contributed by atoms with Gasteiger partial charge in [-0.05, 0) is 25.8 Å². The number of rotatable bonds is 7. The molecule has 5 nitrogen and oxygen atoms in total. The van der Waals surface area contributed by atoms with E-state index < -0.39 is 0 Å². The zero-order chi connectivity index (χ0) is 10.1. The van der Waals surface area contributed by atoms with Gasteiger partial charge < -0.3 is 10.0 Å². The molecule has 0 aliphatic heterocycles. The fourth-order valence-electron chi connectivity index (χ4n) is 1.12. The standard InChI is InChI=1S/C8H18N4O/c1-8(2)12(5-3-7-13)6-4-10-11-9/h8,13H,3-7H2,1-2H3. The lowest BCUT2D eigenvalue weighted by atomic mass is 10.3. The zero-order valence-electron chi connectivity index (χ0n) is 8.35. The number of hydrogen-bond acceptors (Lipinski definition) is 3. The minimum absolute atomic E-state index is 0.213. The van der Waals surface area contributed by atoms with Gasteiger partial charge in [-0.2, -0.15) is 0 Å². The van der Waals surface area contributed by atoms with Crippen LogP contribution in [0.4, 0.5) is 0 Å². The van der Waals surface area contributed by atoms with Crippen molar-refractivity contribution in [2.75, 3.05) is 26.2 Å². The van der Waals surface area contributed by atoms with Crippen molar-refractivity contribution in [3.63, 3.8) is 0 Å². The summed E-state index contributed by atoms with van der Waals surface area (Å²) >= 11 is 0. The summed E-state index contributed by atoms with van der Waals surface area (Å²) in [5, 5.41) is 12.1. The molecule has 0 unspecified atom stereocenters. The largest absolute Gasteiger partial charge is 0.396 e. The molecule has 0 amide bonds. The van der Waals surface area contributed by atoms with Gasteiger partial charge in [0.1, 0.15) is 0 Å². The van der Waals surface area contributed by atoms with E-state index in [9.17, 15) is 0 Å². The highest BCUT2D eigenvalue weighted by atomic mass is 16.3. The summed E-state index contributed by atoms with van der Waals surface area (Å²) in [6.07, 6.45) is 0.772. The Morgan fingerprint density at radius 3 is 2.62 bits per heavy atom. The molecule has 76 valence electrons. The van der Waals surface area contributed by atoms with Crippen molar-refractivity contribution >= 4 is 0 Å². The highest BCUT2D eigenvalue weighted by Gasteiger charge is 2.06. The maximum atomic E-state index is 8.66. The minimum atomic E-state index is 0.213. The Hall–Kier alpha value is -0.770. The fourth-order valence-corrected chi connectivity index (χ4v) is 1.12. The Morgan fingerprint density at radius 2 is 2.15 bits per heavy atom. The molecule has 0 aromatic rings. The first kappa shape index (κ1) is 12.2. The average molecular weight is 186 g/mol. The molecule has 0 aromatic carbocycles. The van der Waals surface area contributed by atoms with Gasteiger partial charge in [-0.15, -0.1) is 0 Å². The molecule has 0 saturated heterocycles. The van der Waals surface area contributed by atoms with Crippen LogP contribution >= 0.6 is 0 Å². The molecule has 1 N–H and O–H groups in total. The maximum absolute atomic E-state index is 8.66. The predicted molar refractivity (Wildman–Crippen MR) is 52.4 cm³/mol. The molecule has 0 spiro atoms. The summed E-state index contributed by atoms with van der Waals surface area (Å²) in [6, 6.07) is 0.431. The molecule has 5 heteroatoms. The maximum Gasteiger partial charge on any atom is 0.0443 e. The fraction of sp³-hybridized carbons (Fsp3) is 1.00. The summed E-state index contributed by atoms with van der Waals surface area (Å²) in [7, 11) is 0. The van der Waals surface area contributed by atoms with E-state index in [1.54, 1.807) is 0 Å². The molecular weight excluding hydrogens is 168 g/mol. The molecule has 0 aromatic heterocycles. The Labute approximate surface area is 79.0 Å². The number of nitrogens with zero attached hydrogens (tertiary/aromatic N) is 4. The van der Waals surface area contributed by atoms with Crippen molar-refractivity contribution < 1.29 is 5.11 Å². The van der Waals surface area contributed by atoms with Gasteiger partial charge in [0, 0.05) is 37.2 Å². The molecule has 0 aliphatic rings. The molecular formula is C8H18N4O. The summed E-state index contributed by atoms with van der Waals surface area (Å²) in [5.41, 5.74) is 8.09. The van der Waals surface area contributed by atoms with Crippen LogP contribution in [0.1, 0.15) is 20.3 Å². The van der Waals surface area contributed by atoms with E-state index in [1.807, 2.05) is 0 Å². The second kappa shape index (κ2) is 7.86. The lowest BCUT2D eigenvalue weighted by molar-refractivity contribution is 0.196. The monoisotopic (exact) mass is 186 g/mol. The van der Waals surface area contributed by atoms with Gasteiger partial charge in [0.25, 0.3) is 0 Å².